The molecule has 0 heterocycles. The van der Waals surface area contributed by atoms with E-state index in [1.165, 1.54) is 17.8 Å². The summed E-state index contributed by atoms with van der Waals surface area (Å²) >= 11 is 1.36. The number of benzene rings is 1. The van der Waals surface area contributed by atoms with Gasteiger partial charge in [-0.2, -0.15) is 13.2 Å². The van der Waals surface area contributed by atoms with Crippen LogP contribution in [0.3, 0.4) is 0 Å². The van der Waals surface area contributed by atoms with Gasteiger partial charge in [0.15, 0.2) is 0 Å². The first-order valence-corrected chi connectivity index (χ1v) is 7.48. The molecule has 1 N–H and O–H groups in total. The summed E-state index contributed by atoms with van der Waals surface area (Å²) in [6.45, 7) is 1.36. The Morgan fingerprint density at radius 2 is 2.05 bits per heavy atom. The Hall–Kier alpha value is -1.21. The first-order valence-electron chi connectivity index (χ1n) is 6.49. The van der Waals surface area contributed by atoms with Crippen LogP contribution in [0.1, 0.15) is 18.4 Å². The van der Waals surface area contributed by atoms with E-state index in [1.54, 1.807) is 6.07 Å². The van der Waals surface area contributed by atoms with E-state index in [-0.39, 0.29) is 6.42 Å². The van der Waals surface area contributed by atoms with Crippen LogP contribution in [-0.2, 0) is 11.0 Å². The number of hydrogen-bond acceptors (Lipinski definition) is 3. The zero-order valence-electron chi connectivity index (χ0n) is 11.7. The van der Waals surface area contributed by atoms with Gasteiger partial charge in [0.05, 0.1) is 5.56 Å². The van der Waals surface area contributed by atoms with Gasteiger partial charge in [0.25, 0.3) is 0 Å². The molecule has 0 unspecified atom stereocenters. The van der Waals surface area contributed by atoms with Gasteiger partial charge >= 0.3 is 12.1 Å². The van der Waals surface area contributed by atoms with Crippen molar-refractivity contribution >= 4 is 17.7 Å². The number of carboxylic acid groups (broad SMARTS) is 1. The van der Waals surface area contributed by atoms with Gasteiger partial charge in [-0.1, -0.05) is 6.07 Å². The van der Waals surface area contributed by atoms with Crippen molar-refractivity contribution in [3.05, 3.63) is 29.8 Å². The highest BCUT2D eigenvalue weighted by molar-refractivity contribution is 7.99. The van der Waals surface area contributed by atoms with E-state index in [2.05, 4.69) is 0 Å². The van der Waals surface area contributed by atoms with Crippen molar-refractivity contribution in [1.82, 2.24) is 4.90 Å². The van der Waals surface area contributed by atoms with Gasteiger partial charge in [-0.25, -0.2) is 0 Å². The summed E-state index contributed by atoms with van der Waals surface area (Å²) in [5.41, 5.74) is -0.637. The van der Waals surface area contributed by atoms with Crippen LogP contribution in [0.15, 0.2) is 29.2 Å². The number of carboxylic acids is 1. The third kappa shape index (κ3) is 7.38. The maximum absolute atomic E-state index is 12.6. The molecule has 0 bridgehead atoms. The Morgan fingerprint density at radius 1 is 1.33 bits per heavy atom. The SMILES string of the molecule is CN(CCCC(=O)O)CCSc1cccc(C(F)(F)F)c1. The van der Waals surface area contributed by atoms with Gasteiger partial charge in [0, 0.05) is 23.6 Å². The first kappa shape index (κ1) is 17.8. The molecular weight excluding hydrogens is 303 g/mol. The summed E-state index contributed by atoms with van der Waals surface area (Å²) in [7, 11) is 1.87. The van der Waals surface area contributed by atoms with Crippen LogP contribution in [0, 0.1) is 0 Å². The fourth-order valence-corrected chi connectivity index (χ4v) is 2.72. The van der Waals surface area contributed by atoms with E-state index < -0.39 is 17.7 Å². The zero-order chi connectivity index (χ0) is 15.9. The molecule has 0 amide bonds. The van der Waals surface area contributed by atoms with Crippen molar-refractivity contribution < 1.29 is 23.1 Å². The summed E-state index contributed by atoms with van der Waals surface area (Å²) in [6, 6.07) is 5.27. The number of alkyl halides is 3. The lowest BCUT2D eigenvalue weighted by atomic mass is 10.2. The number of carbonyl (C=O) groups is 1. The van der Waals surface area contributed by atoms with Crippen LogP contribution in [-0.4, -0.2) is 41.9 Å². The van der Waals surface area contributed by atoms with Crippen molar-refractivity contribution in [2.24, 2.45) is 0 Å². The Kier molecular flexibility index (Phi) is 7.04. The molecule has 1 aromatic rings. The molecule has 0 aliphatic heterocycles. The Morgan fingerprint density at radius 3 is 2.67 bits per heavy atom. The molecule has 0 fully saturated rings. The lowest BCUT2D eigenvalue weighted by Crippen LogP contribution is -2.23. The quantitative estimate of drug-likeness (QED) is 0.743. The largest absolute Gasteiger partial charge is 0.481 e. The number of aliphatic carboxylic acids is 1. The highest BCUT2D eigenvalue weighted by atomic mass is 32.2. The van der Waals surface area contributed by atoms with E-state index in [0.29, 0.717) is 30.2 Å². The second-order valence-corrected chi connectivity index (χ2v) is 5.84. The van der Waals surface area contributed by atoms with E-state index in [1.807, 2.05) is 11.9 Å². The summed E-state index contributed by atoms with van der Waals surface area (Å²) in [5, 5.41) is 8.53. The summed E-state index contributed by atoms with van der Waals surface area (Å²) < 4.78 is 37.7. The molecular formula is C14H18F3NO2S. The first-order chi connectivity index (χ1) is 9.79. The van der Waals surface area contributed by atoms with Gasteiger partial charge < -0.3 is 10.0 Å². The molecule has 21 heavy (non-hydrogen) atoms. The molecule has 0 saturated carbocycles. The maximum atomic E-state index is 12.6. The van der Waals surface area contributed by atoms with Crippen LogP contribution in [0.5, 0.6) is 0 Å². The average Bonchev–Trinajstić information content (AvgIpc) is 2.37. The van der Waals surface area contributed by atoms with Gasteiger partial charge in [0.1, 0.15) is 0 Å². The fraction of sp³-hybridized carbons (Fsp3) is 0.500. The number of halogens is 3. The molecule has 0 radical (unpaired) electrons. The van der Waals surface area contributed by atoms with Crippen LogP contribution < -0.4 is 0 Å². The van der Waals surface area contributed by atoms with Gasteiger partial charge in [-0.05, 0) is 38.2 Å². The minimum absolute atomic E-state index is 0.130. The number of hydrogen-bond donors (Lipinski definition) is 1. The Bertz CT molecular complexity index is 466. The highest BCUT2D eigenvalue weighted by Gasteiger charge is 2.30. The van der Waals surface area contributed by atoms with E-state index in [0.717, 1.165) is 12.1 Å². The number of thioether (sulfide) groups is 1. The van der Waals surface area contributed by atoms with Crippen LogP contribution in [0.2, 0.25) is 0 Å². The molecule has 1 rings (SSSR count). The van der Waals surface area contributed by atoms with E-state index >= 15 is 0 Å². The molecule has 0 atom stereocenters. The van der Waals surface area contributed by atoms with E-state index in [9.17, 15) is 18.0 Å². The normalized spacial score (nSPS) is 11.9. The van der Waals surface area contributed by atoms with Crippen molar-refractivity contribution in [2.75, 3.05) is 25.9 Å². The molecule has 7 heteroatoms. The number of rotatable bonds is 8. The Labute approximate surface area is 126 Å². The van der Waals surface area contributed by atoms with Crippen LogP contribution >= 0.6 is 11.8 Å². The minimum atomic E-state index is -4.32. The zero-order valence-corrected chi connectivity index (χ0v) is 12.5. The molecule has 0 spiro atoms. The average molecular weight is 321 g/mol. The molecule has 3 nitrogen and oxygen atoms in total. The predicted octanol–water partition coefficient (Wildman–Crippen LogP) is 3.59. The molecule has 118 valence electrons. The third-order valence-electron chi connectivity index (χ3n) is 2.83. The second-order valence-electron chi connectivity index (χ2n) is 4.67. The highest BCUT2D eigenvalue weighted by Crippen LogP contribution is 2.31. The topological polar surface area (TPSA) is 40.5 Å². The monoisotopic (exact) mass is 321 g/mol. The van der Waals surface area contributed by atoms with Gasteiger partial charge in [-0.3, -0.25) is 4.79 Å². The molecule has 0 aromatic heterocycles. The molecule has 1 aromatic carbocycles. The summed E-state index contributed by atoms with van der Waals surface area (Å²) in [4.78, 5) is 12.9. The summed E-state index contributed by atoms with van der Waals surface area (Å²) in [6.07, 6.45) is -3.62. The van der Waals surface area contributed by atoms with Crippen molar-refractivity contribution in [3.63, 3.8) is 0 Å². The van der Waals surface area contributed by atoms with Gasteiger partial charge in [0.2, 0.25) is 0 Å². The van der Waals surface area contributed by atoms with E-state index in [4.69, 9.17) is 5.11 Å². The smallest absolute Gasteiger partial charge is 0.416 e. The molecule has 0 aliphatic rings. The lowest BCUT2D eigenvalue weighted by Gasteiger charge is -2.15. The van der Waals surface area contributed by atoms with Crippen LogP contribution in [0.4, 0.5) is 13.2 Å². The minimum Gasteiger partial charge on any atom is -0.481 e. The van der Waals surface area contributed by atoms with Crippen molar-refractivity contribution in [1.29, 1.82) is 0 Å². The van der Waals surface area contributed by atoms with Crippen molar-refractivity contribution in [3.8, 4) is 0 Å². The summed E-state index contributed by atoms with van der Waals surface area (Å²) in [5.74, 6) is -0.160. The second kappa shape index (κ2) is 8.29. The van der Waals surface area contributed by atoms with Crippen LogP contribution in [0.25, 0.3) is 0 Å². The molecule has 0 aliphatic carbocycles. The van der Waals surface area contributed by atoms with Crippen molar-refractivity contribution in [2.45, 2.75) is 23.9 Å². The number of nitrogens with zero attached hydrogens (tertiary/aromatic N) is 1. The standard InChI is InChI=1S/C14H18F3NO2S/c1-18(7-3-6-13(19)20)8-9-21-12-5-2-4-11(10-12)14(15,16)17/h2,4-5,10H,3,6-9H2,1H3,(H,19,20). The third-order valence-corrected chi connectivity index (χ3v) is 3.81. The van der Waals surface area contributed by atoms with Gasteiger partial charge in [-0.15, -0.1) is 11.8 Å². The fourth-order valence-electron chi connectivity index (χ4n) is 1.69. The Balaban J connectivity index is 2.34. The lowest BCUT2D eigenvalue weighted by molar-refractivity contribution is -0.138. The molecule has 0 saturated heterocycles. The predicted molar refractivity (Wildman–Crippen MR) is 76.5 cm³/mol. The maximum Gasteiger partial charge on any atom is 0.416 e.